The van der Waals surface area contributed by atoms with Gasteiger partial charge in [0.1, 0.15) is 10.7 Å². The summed E-state index contributed by atoms with van der Waals surface area (Å²) in [5.41, 5.74) is 0.731. The van der Waals surface area contributed by atoms with Crippen LogP contribution in [0.2, 0.25) is 0 Å². The molecule has 0 aromatic carbocycles. The van der Waals surface area contributed by atoms with Gasteiger partial charge in [-0.2, -0.15) is 5.10 Å². The topological polar surface area (TPSA) is 85.0 Å². The predicted octanol–water partition coefficient (Wildman–Crippen LogP) is 2.08. The first kappa shape index (κ1) is 9.20. The van der Waals surface area contributed by atoms with Crippen LogP contribution in [-0.2, 0) is 0 Å². The third-order valence-electron chi connectivity index (χ3n) is 1.73. The Hall–Kier alpha value is -2.37. The Bertz CT molecular complexity index is 484. The van der Waals surface area contributed by atoms with E-state index in [0.29, 0.717) is 5.76 Å². The van der Waals surface area contributed by atoms with Crippen LogP contribution < -0.4 is 0 Å². The monoisotopic (exact) mass is 205 g/mol. The number of nitrogens with zero attached hydrogens (tertiary/aromatic N) is 2. The number of hydrogen-bond acceptors (Lipinski definition) is 4. The first-order valence-electron chi connectivity index (χ1n) is 4.18. The van der Waals surface area contributed by atoms with Gasteiger partial charge in [-0.15, -0.1) is 0 Å². The fraction of sp³-hybridized carbons (Fsp3) is 0. The first-order chi connectivity index (χ1) is 7.25. The van der Waals surface area contributed by atoms with Crippen molar-refractivity contribution in [2.45, 2.75) is 0 Å². The zero-order valence-corrected chi connectivity index (χ0v) is 7.58. The minimum absolute atomic E-state index is 0.267. The van der Waals surface area contributed by atoms with Crippen LogP contribution in [0.3, 0.4) is 0 Å². The van der Waals surface area contributed by atoms with Gasteiger partial charge in [-0.3, -0.25) is 15.2 Å². The molecule has 2 aromatic heterocycles. The van der Waals surface area contributed by atoms with Crippen molar-refractivity contribution in [1.29, 1.82) is 0 Å². The second-order valence-corrected chi connectivity index (χ2v) is 2.77. The molecule has 6 nitrogen and oxygen atoms in total. The van der Waals surface area contributed by atoms with Gasteiger partial charge in [0, 0.05) is 6.20 Å². The van der Waals surface area contributed by atoms with Gasteiger partial charge in [0.15, 0.2) is 0 Å². The summed E-state index contributed by atoms with van der Waals surface area (Å²) in [4.78, 5) is 9.74. The molecule has 0 bridgehead atoms. The normalized spacial score (nSPS) is 10.9. The van der Waals surface area contributed by atoms with E-state index in [-0.39, 0.29) is 5.88 Å². The molecule has 0 aliphatic carbocycles. The van der Waals surface area contributed by atoms with Gasteiger partial charge in [-0.1, -0.05) is 0 Å². The molecule has 2 rings (SSSR count). The van der Waals surface area contributed by atoms with E-state index in [9.17, 15) is 10.1 Å². The summed E-state index contributed by atoms with van der Waals surface area (Å²) in [6.07, 6.45) is 4.99. The van der Waals surface area contributed by atoms with E-state index < -0.39 is 4.92 Å². The Morgan fingerprint density at radius 1 is 1.40 bits per heavy atom. The summed E-state index contributed by atoms with van der Waals surface area (Å²) in [5, 5.41) is 16.9. The van der Waals surface area contributed by atoms with Crippen LogP contribution in [0.4, 0.5) is 5.88 Å². The fourth-order valence-corrected chi connectivity index (χ4v) is 1.06. The van der Waals surface area contributed by atoms with Crippen LogP contribution in [0.5, 0.6) is 0 Å². The molecule has 6 heteroatoms. The van der Waals surface area contributed by atoms with Gasteiger partial charge in [0.2, 0.25) is 0 Å². The van der Waals surface area contributed by atoms with E-state index in [2.05, 4.69) is 10.2 Å². The van der Waals surface area contributed by atoms with Gasteiger partial charge < -0.3 is 4.42 Å². The van der Waals surface area contributed by atoms with Crippen LogP contribution >= 0.6 is 0 Å². The molecule has 0 atom stereocenters. The van der Waals surface area contributed by atoms with Crippen LogP contribution in [0.1, 0.15) is 11.5 Å². The standard InChI is InChI=1S/C9H7N3O3/c13-12(14)9-4-3-8(15-9)2-1-7-5-6-10-11-7/h1-6H,(H,10,11)/b2-1+. The van der Waals surface area contributed by atoms with Crippen LogP contribution in [-0.4, -0.2) is 15.1 Å². The third-order valence-corrected chi connectivity index (χ3v) is 1.73. The van der Waals surface area contributed by atoms with Gasteiger partial charge in [-0.25, -0.2) is 0 Å². The smallest absolute Gasteiger partial charge is 0.401 e. The summed E-state index contributed by atoms with van der Waals surface area (Å²) < 4.78 is 4.92. The van der Waals surface area contributed by atoms with Gasteiger partial charge in [-0.05, 0) is 24.3 Å². The molecule has 0 spiro atoms. The Morgan fingerprint density at radius 3 is 2.87 bits per heavy atom. The van der Waals surface area contributed by atoms with E-state index in [0.717, 1.165) is 5.69 Å². The number of H-pyrrole nitrogens is 1. The highest BCUT2D eigenvalue weighted by atomic mass is 16.6. The molecule has 76 valence electrons. The first-order valence-corrected chi connectivity index (χ1v) is 4.18. The molecule has 2 aromatic rings. The van der Waals surface area contributed by atoms with Crippen LogP contribution in [0, 0.1) is 10.1 Å². The molecule has 0 saturated carbocycles. The van der Waals surface area contributed by atoms with Crippen LogP contribution in [0.25, 0.3) is 12.2 Å². The van der Waals surface area contributed by atoms with Crippen molar-refractivity contribution in [3.05, 3.63) is 46.0 Å². The van der Waals surface area contributed by atoms with E-state index in [1.165, 1.54) is 12.1 Å². The van der Waals surface area contributed by atoms with Crippen LogP contribution in [0.15, 0.2) is 28.8 Å². The zero-order chi connectivity index (χ0) is 10.7. The molecule has 0 unspecified atom stereocenters. The molecular weight excluding hydrogens is 198 g/mol. The molecular formula is C9H7N3O3. The lowest BCUT2D eigenvalue weighted by Gasteiger charge is -1.83. The maximum Gasteiger partial charge on any atom is 0.433 e. The molecule has 0 fully saturated rings. The largest absolute Gasteiger partial charge is 0.433 e. The lowest BCUT2D eigenvalue weighted by molar-refractivity contribution is -0.402. The summed E-state index contributed by atoms with van der Waals surface area (Å²) in [5.74, 6) is 0.154. The van der Waals surface area contributed by atoms with E-state index in [4.69, 9.17) is 4.42 Å². The zero-order valence-electron chi connectivity index (χ0n) is 7.58. The number of nitro groups is 1. The Kier molecular flexibility index (Phi) is 2.32. The van der Waals surface area contributed by atoms with Crippen molar-refractivity contribution in [3.8, 4) is 0 Å². The number of hydrogen-bond donors (Lipinski definition) is 1. The Morgan fingerprint density at radius 2 is 2.27 bits per heavy atom. The molecule has 15 heavy (non-hydrogen) atoms. The average molecular weight is 205 g/mol. The van der Waals surface area contributed by atoms with Crippen molar-refractivity contribution in [1.82, 2.24) is 10.2 Å². The van der Waals surface area contributed by atoms with Crippen molar-refractivity contribution in [3.63, 3.8) is 0 Å². The minimum atomic E-state index is -0.577. The molecule has 1 N–H and O–H groups in total. The quantitative estimate of drug-likeness (QED) is 0.614. The molecule has 0 radical (unpaired) electrons. The highest BCUT2D eigenvalue weighted by Crippen LogP contribution is 2.17. The SMILES string of the molecule is O=[N+]([O-])c1ccc(/C=C/c2cc[nH]n2)o1. The highest BCUT2D eigenvalue weighted by Gasteiger charge is 2.09. The minimum Gasteiger partial charge on any atom is -0.401 e. The third kappa shape index (κ3) is 2.11. The van der Waals surface area contributed by atoms with E-state index in [1.807, 2.05) is 0 Å². The van der Waals surface area contributed by atoms with Crippen molar-refractivity contribution in [2.24, 2.45) is 0 Å². The number of nitrogens with one attached hydrogen (secondary N) is 1. The second-order valence-electron chi connectivity index (χ2n) is 2.77. The van der Waals surface area contributed by atoms with Crippen molar-refractivity contribution >= 4 is 18.0 Å². The molecule has 0 aliphatic heterocycles. The van der Waals surface area contributed by atoms with Gasteiger partial charge >= 0.3 is 5.88 Å². The number of aromatic amines is 1. The summed E-state index contributed by atoms with van der Waals surface area (Å²) >= 11 is 0. The predicted molar refractivity (Wildman–Crippen MR) is 52.9 cm³/mol. The van der Waals surface area contributed by atoms with Gasteiger partial charge in [0.25, 0.3) is 0 Å². The molecule has 2 heterocycles. The summed E-state index contributed by atoms with van der Waals surface area (Å²) in [6, 6.07) is 4.61. The van der Waals surface area contributed by atoms with Crippen molar-refractivity contribution in [2.75, 3.05) is 0 Å². The molecule has 0 amide bonds. The van der Waals surface area contributed by atoms with E-state index in [1.54, 1.807) is 24.4 Å². The molecule has 0 aliphatic rings. The maximum atomic E-state index is 10.3. The number of aromatic nitrogens is 2. The van der Waals surface area contributed by atoms with Crippen molar-refractivity contribution < 1.29 is 9.34 Å². The second kappa shape index (κ2) is 3.79. The Balaban J connectivity index is 2.14. The highest BCUT2D eigenvalue weighted by molar-refractivity contribution is 5.65. The summed E-state index contributed by atoms with van der Waals surface area (Å²) in [6.45, 7) is 0. The lowest BCUT2D eigenvalue weighted by Crippen LogP contribution is -1.82. The maximum absolute atomic E-state index is 10.3. The number of furan rings is 1. The fourth-order valence-electron chi connectivity index (χ4n) is 1.06. The Labute approximate surface area is 84.4 Å². The lowest BCUT2D eigenvalue weighted by atomic mass is 10.3. The summed E-state index contributed by atoms with van der Waals surface area (Å²) in [7, 11) is 0. The number of rotatable bonds is 3. The van der Waals surface area contributed by atoms with E-state index >= 15 is 0 Å². The average Bonchev–Trinajstić information content (AvgIpc) is 2.86. The van der Waals surface area contributed by atoms with Gasteiger partial charge in [0.05, 0.1) is 11.8 Å². The molecule has 0 saturated heterocycles.